The molecule has 0 spiro atoms. The molecular formula is C12H14F4N2O2. The van der Waals surface area contributed by atoms with E-state index in [1.165, 1.54) is 6.07 Å². The third kappa shape index (κ3) is 5.12. The van der Waals surface area contributed by atoms with Crippen molar-refractivity contribution in [1.82, 2.24) is 9.88 Å². The standard InChI is InChI=1S/C12H14F4N2O2/c1-2-10(9-4-3-8(13)5-17-9)18(6-11(19)20)7-12(14,15)16/h3-5,10H,2,6-7H2,1H3,(H,19,20). The fraction of sp³-hybridized carbons (Fsp3) is 0.500. The third-order valence-electron chi connectivity index (χ3n) is 2.64. The van der Waals surface area contributed by atoms with E-state index in [-0.39, 0.29) is 12.1 Å². The van der Waals surface area contributed by atoms with Crippen LogP contribution in [0.5, 0.6) is 0 Å². The molecule has 0 radical (unpaired) electrons. The Morgan fingerprint density at radius 2 is 2.10 bits per heavy atom. The minimum absolute atomic E-state index is 0.208. The van der Waals surface area contributed by atoms with Crippen LogP contribution in [0.15, 0.2) is 18.3 Å². The second kappa shape index (κ2) is 6.65. The van der Waals surface area contributed by atoms with Gasteiger partial charge in [0, 0.05) is 0 Å². The molecule has 0 aliphatic carbocycles. The first kappa shape index (κ1) is 16.4. The summed E-state index contributed by atoms with van der Waals surface area (Å²) in [4.78, 5) is 15.2. The van der Waals surface area contributed by atoms with Gasteiger partial charge in [-0.15, -0.1) is 0 Å². The highest BCUT2D eigenvalue weighted by atomic mass is 19.4. The van der Waals surface area contributed by atoms with Crippen LogP contribution < -0.4 is 0 Å². The Labute approximate surface area is 113 Å². The number of carboxylic acids is 1. The molecule has 0 amide bonds. The molecule has 0 aromatic carbocycles. The maximum absolute atomic E-state index is 12.8. The van der Waals surface area contributed by atoms with Crippen molar-refractivity contribution in [3.63, 3.8) is 0 Å². The number of carboxylic acid groups (broad SMARTS) is 1. The van der Waals surface area contributed by atoms with Gasteiger partial charge in [0.2, 0.25) is 0 Å². The fourth-order valence-corrected chi connectivity index (χ4v) is 1.92. The summed E-state index contributed by atoms with van der Waals surface area (Å²) in [6, 6.07) is 1.50. The van der Waals surface area contributed by atoms with Crippen LogP contribution in [0.4, 0.5) is 17.6 Å². The van der Waals surface area contributed by atoms with E-state index in [0.29, 0.717) is 0 Å². The van der Waals surface area contributed by atoms with E-state index in [0.717, 1.165) is 17.2 Å². The number of hydrogen-bond donors (Lipinski definition) is 1. The van der Waals surface area contributed by atoms with Crippen LogP contribution >= 0.6 is 0 Å². The number of halogens is 4. The first-order valence-electron chi connectivity index (χ1n) is 5.87. The Morgan fingerprint density at radius 1 is 1.45 bits per heavy atom. The van der Waals surface area contributed by atoms with Gasteiger partial charge in [0.05, 0.1) is 31.0 Å². The SMILES string of the molecule is CCC(c1ccc(F)cn1)N(CC(=O)O)CC(F)(F)F. The lowest BCUT2D eigenvalue weighted by Crippen LogP contribution is -2.40. The van der Waals surface area contributed by atoms with Crippen LogP contribution in [0, 0.1) is 5.82 Å². The third-order valence-corrected chi connectivity index (χ3v) is 2.64. The summed E-state index contributed by atoms with van der Waals surface area (Å²) in [6.07, 6.45) is -3.41. The molecule has 1 aromatic rings. The zero-order chi connectivity index (χ0) is 15.3. The highest BCUT2D eigenvalue weighted by Gasteiger charge is 2.35. The predicted octanol–water partition coefficient (Wildman–Crippen LogP) is 2.62. The maximum atomic E-state index is 12.8. The van der Waals surface area contributed by atoms with Crippen LogP contribution in [0.25, 0.3) is 0 Å². The molecule has 0 fully saturated rings. The van der Waals surface area contributed by atoms with E-state index < -0.39 is 37.1 Å². The second-order valence-electron chi connectivity index (χ2n) is 4.24. The summed E-state index contributed by atoms with van der Waals surface area (Å²) in [7, 11) is 0. The van der Waals surface area contributed by atoms with E-state index in [1.807, 2.05) is 0 Å². The molecule has 1 unspecified atom stereocenters. The highest BCUT2D eigenvalue weighted by molar-refractivity contribution is 5.69. The molecule has 0 aliphatic heterocycles. The number of pyridine rings is 1. The van der Waals surface area contributed by atoms with Gasteiger partial charge in [-0.05, 0) is 18.6 Å². The molecular weight excluding hydrogens is 280 g/mol. The van der Waals surface area contributed by atoms with Crippen LogP contribution in [0.3, 0.4) is 0 Å². The Hall–Kier alpha value is -1.70. The summed E-state index contributed by atoms with van der Waals surface area (Å²) in [5.41, 5.74) is 0.208. The van der Waals surface area contributed by atoms with Gasteiger partial charge in [0.15, 0.2) is 0 Å². The monoisotopic (exact) mass is 294 g/mol. The minimum Gasteiger partial charge on any atom is -0.480 e. The highest BCUT2D eigenvalue weighted by Crippen LogP contribution is 2.27. The summed E-state index contributed by atoms with van der Waals surface area (Å²) < 4.78 is 50.3. The lowest BCUT2D eigenvalue weighted by atomic mass is 10.1. The average Bonchev–Trinajstić information content (AvgIpc) is 2.29. The number of aromatic nitrogens is 1. The molecule has 112 valence electrons. The van der Waals surface area contributed by atoms with Crippen molar-refractivity contribution in [3.8, 4) is 0 Å². The van der Waals surface area contributed by atoms with Crippen LogP contribution in [0.2, 0.25) is 0 Å². The largest absolute Gasteiger partial charge is 0.480 e. The fourth-order valence-electron chi connectivity index (χ4n) is 1.92. The van der Waals surface area contributed by atoms with Gasteiger partial charge in [-0.1, -0.05) is 6.92 Å². The summed E-state index contributed by atoms with van der Waals surface area (Å²) in [5, 5.41) is 8.73. The maximum Gasteiger partial charge on any atom is 0.401 e. The van der Waals surface area contributed by atoms with E-state index in [4.69, 9.17) is 5.11 Å². The van der Waals surface area contributed by atoms with E-state index in [1.54, 1.807) is 6.92 Å². The Balaban J connectivity index is 3.00. The lowest BCUT2D eigenvalue weighted by Gasteiger charge is -2.29. The molecule has 0 saturated carbocycles. The first-order chi connectivity index (χ1) is 9.23. The molecule has 8 heteroatoms. The second-order valence-corrected chi connectivity index (χ2v) is 4.24. The molecule has 20 heavy (non-hydrogen) atoms. The van der Waals surface area contributed by atoms with Crippen LogP contribution in [-0.2, 0) is 4.79 Å². The molecule has 1 atom stereocenters. The van der Waals surface area contributed by atoms with Crippen molar-refractivity contribution in [2.75, 3.05) is 13.1 Å². The molecule has 1 aromatic heterocycles. The summed E-state index contributed by atoms with van der Waals surface area (Å²) >= 11 is 0. The van der Waals surface area contributed by atoms with E-state index >= 15 is 0 Å². The van der Waals surface area contributed by atoms with Gasteiger partial charge in [-0.2, -0.15) is 13.2 Å². The van der Waals surface area contributed by atoms with E-state index in [2.05, 4.69) is 4.98 Å². The van der Waals surface area contributed by atoms with Crippen molar-refractivity contribution in [1.29, 1.82) is 0 Å². The molecule has 1 heterocycles. The molecule has 1 rings (SSSR count). The Bertz CT molecular complexity index is 448. The lowest BCUT2D eigenvalue weighted by molar-refractivity contribution is -0.158. The number of alkyl halides is 3. The Morgan fingerprint density at radius 3 is 2.50 bits per heavy atom. The van der Waals surface area contributed by atoms with Gasteiger partial charge in [-0.3, -0.25) is 14.7 Å². The summed E-state index contributed by atoms with van der Waals surface area (Å²) in [5.74, 6) is -1.97. The number of hydrogen-bond acceptors (Lipinski definition) is 3. The van der Waals surface area contributed by atoms with Gasteiger partial charge in [0.1, 0.15) is 5.82 Å². The van der Waals surface area contributed by atoms with Crippen molar-refractivity contribution < 1.29 is 27.5 Å². The number of aliphatic carboxylic acids is 1. The first-order valence-corrected chi connectivity index (χ1v) is 5.87. The molecule has 1 N–H and O–H groups in total. The van der Waals surface area contributed by atoms with Gasteiger partial charge in [-0.25, -0.2) is 4.39 Å². The normalized spacial score (nSPS) is 13.5. The molecule has 0 bridgehead atoms. The minimum atomic E-state index is -4.52. The molecule has 4 nitrogen and oxygen atoms in total. The van der Waals surface area contributed by atoms with Crippen molar-refractivity contribution in [2.24, 2.45) is 0 Å². The Kier molecular flexibility index (Phi) is 5.43. The molecule has 0 aliphatic rings. The zero-order valence-electron chi connectivity index (χ0n) is 10.7. The van der Waals surface area contributed by atoms with E-state index in [9.17, 15) is 22.4 Å². The molecule has 0 saturated heterocycles. The average molecular weight is 294 g/mol. The van der Waals surface area contributed by atoms with Crippen LogP contribution in [-0.4, -0.2) is 40.2 Å². The van der Waals surface area contributed by atoms with Crippen LogP contribution in [0.1, 0.15) is 25.1 Å². The smallest absolute Gasteiger partial charge is 0.401 e. The van der Waals surface area contributed by atoms with Crippen molar-refractivity contribution in [2.45, 2.75) is 25.6 Å². The van der Waals surface area contributed by atoms with Gasteiger partial charge < -0.3 is 5.11 Å². The summed E-state index contributed by atoms with van der Waals surface area (Å²) in [6.45, 7) is -0.519. The van der Waals surface area contributed by atoms with Crippen molar-refractivity contribution in [3.05, 3.63) is 29.8 Å². The van der Waals surface area contributed by atoms with Gasteiger partial charge >= 0.3 is 12.1 Å². The van der Waals surface area contributed by atoms with Crippen molar-refractivity contribution >= 4 is 5.97 Å². The number of rotatable bonds is 6. The zero-order valence-corrected chi connectivity index (χ0v) is 10.7. The predicted molar refractivity (Wildman–Crippen MR) is 62.5 cm³/mol. The topological polar surface area (TPSA) is 53.4 Å². The number of carbonyl (C=O) groups is 1. The van der Waals surface area contributed by atoms with Gasteiger partial charge in [0.25, 0.3) is 0 Å². The number of nitrogens with zero attached hydrogens (tertiary/aromatic N) is 2. The quantitative estimate of drug-likeness (QED) is 0.819.